The normalized spacial score (nSPS) is 20.2. The van der Waals surface area contributed by atoms with Gasteiger partial charge in [-0.3, -0.25) is 0 Å². The van der Waals surface area contributed by atoms with E-state index in [1.165, 1.54) is 15.7 Å². The molecule has 0 N–H and O–H groups in total. The van der Waals surface area contributed by atoms with E-state index in [-0.39, 0.29) is 17.0 Å². The van der Waals surface area contributed by atoms with Gasteiger partial charge in [0.2, 0.25) is 0 Å². The molecule has 0 saturated heterocycles. The van der Waals surface area contributed by atoms with Gasteiger partial charge in [-0.25, -0.2) is 23.5 Å². The van der Waals surface area contributed by atoms with Crippen molar-refractivity contribution < 1.29 is 0 Å². The molecule has 2 aromatic rings. The van der Waals surface area contributed by atoms with Crippen LogP contribution in [0.5, 0.6) is 0 Å². The number of aromatic nitrogens is 3. The van der Waals surface area contributed by atoms with Gasteiger partial charge in [0.05, 0.1) is 26.0 Å². The third-order valence-electron chi connectivity index (χ3n) is 5.19. The molecule has 126 valence electrons. The summed E-state index contributed by atoms with van der Waals surface area (Å²) in [5.74, 6) is 0. The van der Waals surface area contributed by atoms with Crippen LogP contribution in [0.1, 0.15) is 24.9 Å². The van der Waals surface area contributed by atoms with Crippen LogP contribution in [-0.2, 0) is 6.54 Å². The van der Waals surface area contributed by atoms with Crippen LogP contribution in [0.2, 0.25) is 19.6 Å². The monoisotopic (exact) mass is 341 g/mol. The summed E-state index contributed by atoms with van der Waals surface area (Å²) < 4.78 is 4.78. The van der Waals surface area contributed by atoms with E-state index in [4.69, 9.17) is 0 Å². The minimum Gasteiger partial charge on any atom is -0.245 e. The third kappa shape index (κ3) is 2.12. The van der Waals surface area contributed by atoms with Crippen molar-refractivity contribution in [2.24, 2.45) is 0 Å². The lowest BCUT2D eigenvalue weighted by atomic mass is 10.1. The summed E-state index contributed by atoms with van der Waals surface area (Å²) in [7, 11) is -1.70. The second-order valence-electron chi connectivity index (χ2n) is 7.89. The maximum atomic E-state index is 13.2. The van der Waals surface area contributed by atoms with Gasteiger partial charge in [-0.1, -0.05) is 37.8 Å². The number of hydrogen-bond acceptors (Lipinski definition) is 2. The first kappa shape index (κ1) is 15.4. The van der Waals surface area contributed by atoms with Crippen LogP contribution in [0.3, 0.4) is 0 Å². The Balaban J connectivity index is 2.00. The molecule has 0 amide bonds. The van der Waals surface area contributed by atoms with E-state index in [1.807, 2.05) is 30.3 Å². The molecule has 1 atom stereocenters. The Bertz CT molecular complexity index is 941. The van der Waals surface area contributed by atoms with Gasteiger partial charge in [0.25, 0.3) is 0 Å². The molecule has 6 heteroatoms. The molecular weight excluding hydrogens is 318 g/mol. The third-order valence-corrected chi connectivity index (χ3v) is 7.42. The lowest BCUT2D eigenvalue weighted by molar-refractivity contribution is 0.431. The number of allylic oxidation sites excluding steroid dienone is 2. The summed E-state index contributed by atoms with van der Waals surface area (Å²) in [5.41, 5.74) is 3.14. The molecule has 1 unspecified atom stereocenters. The molecule has 0 spiro atoms. The SMILES string of the molecule is C[Si](C)(C)C1C2=C(CCC2)Cn2c(=O)n(-c3ccccc3)c(=O)n21. The molecule has 1 aliphatic heterocycles. The van der Waals surface area contributed by atoms with E-state index in [2.05, 4.69) is 19.6 Å². The maximum absolute atomic E-state index is 13.2. The Hall–Kier alpha value is -2.08. The molecule has 0 fully saturated rings. The quantitative estimate of drug-likeness (QED) is 0.623. The number of fused-ring (bicyclic) bond motifs is 1. The average molecular weight is 341 g/mol. The highest BCUT2D eigenvalue weighted by atomic mass is 28.3. The summed E-state index contributed by atoms with van der Waals surface area (Å²) in [6.07, 6.45) is 3.28. The molecule has 0 bridgehead atoms. The Morgan fingerprint density at radius 3 is 2.38 bits per heavy atom. The highest BCUT2D eigenvalue weighted by molar-refractivity contribution is 6.77. The van der Waals surface area contributed by atoms with Gasteiger partial charge >= 0.3 is 11.4 Å². The van der Waals surface area contributed by atoms with Crippen molar-refractivity contribution in [3.05, 3.63) is 62.4 Å². The molecule has 0 radical (unpaired) electrons. The Labute approximate surface area is 141 Å². The number of hydrogen-bond donors (Lipinski definition) is 0. The summed E-state index contributed by atoms with van der Waals surface area (Å²) in [5, 5.41) is 0. The fourth-order valence-corrected chi connectivity index (χ4v) is 6.62. The van der Waals surface area contributed by atoms with E-state index in [9.17, 15) is 9.59 Å². The molecule has 5 nitrogen and oxygen atoms in total. The number of rotatable bonds is 2. The molecule has 0 saturated carbocycles. The minimum absolute atomic E-state index is 0.0916. The fourth-order valence-electron chi connectivity index (χ4n) is 4.24. The van der Waals surface area contributed by atoms with Crippen molar-refractivity contribution in [3.63, 3.8) is 0 Å². The van der Waals surface area contributed by atoms with Gasteiger partial charge in [0, 0.05) is 0 Å². The van der Waals surface area contributed by atoms with Crippen LogP contribution >= 0.6 is 0 Å². The van der Waals surface area contributed by atoms with Crippen LogP contribution in [0.25, 0.3) is 5.69 Å². The van der Waals surface area contributed by atoms with Gasteiger partial charge in [0.1, 0.15) is 0 Å². The van der Waals surface area contributed by atoms with E-state index < -0.39 is 8.07 Å². The Morgan fingerprint density at radius 2 is 1.71 bits per heavy atom. The molecule has 1 aliphatic carbocycles. The molecule has 1 aromatic heterocycles. The number of benzene rings is 1. The van der Waals surface area contributed by atoms with Crippen molar-refractivity contribution in [1.82, 2.24) is 13.9 Å². The van der Waals surface area contributed by atoms with Gasteiger partial charge in [-0.15, -0.1) is 0 Å². The zero-order valence-corrected chi connectivity index (χ0v) is 15.5. The molecule has 2 aliphatic rings. The highest BCUT2D eigenvalue weighted by Gasteiger charge is 2.41. The first-order chi connectivity index (χ1) is 11.4. The van der Waals surface area contributed by atoms with Crippen LogP contribution in [0.15, 0.2) is 51.1 Å². The van der Waals surface area contributed by atoms with Crippen molar-refractivity contribution in [2.45, 2.75) is 51.1 Å². The zero-order valence-electron chi connectivity index (χ0n) is 14.5. The summed E-state index contributed by atoms with van der Waals surface area (Å²) in [4.78, 5) is 26.2. The van der Waals surface area contributed by atoms with Crippen LogP contribution in [0.4, 0.5) is 0 Å². The topological polar surface area (TPSA) is 48.9 Å². The van der Waals surface area contributed by atoms with E-state index in [1.54, 1.807) is 9.36 Å². The van der Waals surface area contributed by atoms with E-state index in [0.717, 1.165) is 19.3 Å². The largest absolute Gasteiger partial charge is 0.352 e. The van der Waals surface area contributed by atoms with Crippen molar-refractivity contribution in [3.8, 4) is 5.69 Å². The minimum atomic E-state index is -1.70. The summed E-state index contributed by atoms with van der Waals surface area (Å²) in [6, 6.07) is 9.25. The molecule has 2 heterocycles. The van der Waals surface area contributed by atoms with Gasteiger partial charge in [-0.2, -0.15) is 0 Å². The molecule has 4 rings (SSSR count). The van der Waals surface area contributed by atoms with Crippen molar-refractivity contribution >= 4 is 8.07 Å². The first-order valence-electron chi connectivity index (χ1n) is 8.60. The first-order valence-corrected chi connectivity index (χ1v) is 12.2. The number of para-hydroxylation sites is 1. The average Bonchev–Trinajstić information content (AvgIpc) is 3.09. The maximum Gasteiger partial charge on any atom is 0.352 e. The van der Waals surface area contributed by atoms with Gasteiger partial charge in [-0.05, 0) is 42.5 Å². The predicted molar refractivity (Wildman–Crippen MR) is 97.5 cm³/mol. The van der Waals surface area contributed by atoms with E-state index >= 15 is 0 Å². The van der Waals surface area contributed by atoms with Crippen LogP contribution in [0, 0.1) is 0 Å². The summed E-state index contributed by atoms with van der Waals surface area (Å²) in [6.45, 7) is 7.43. The van der Waals surface area contributed by atoms with Crippen molar-refractivity contribution in [2.75, 3.05) is 0 Å². The summed E-state index contributed by atoms with van der Waals surface area (Å²) >= 11 is 0. The molecular formula is C18H23N3O2Si. The van der Waals surface area contributed by atoms with Crippen molar-refractivity contribution in [1.29, 1.82) is 0 Å². The molecule has 1 aromatic carbocycles. The van der Waals surface area contributed by atoms with Crippen LogP contribution in [-0.4, -0.2) is 22.0 Å². The number of nitrogens with zero attached hydrogens (tertiary/aromatic N) is 3. The lowest BCUT2D eigenvalue weighted by Gasteiger charge is -2.36. The lowest BCUT2D eigenvalue weighted by Crippen LogP contribution is -2.46. The highest BCUT2D eigenvalue weighted by Crippen LogP contribution is 2.41. The van der Waals surface area contributed by atoms with Gasteiger partial charge < -0.3 is 0 Å². The predicted octanol–water partition coefficient (Wildman–Crippen LogP) is 2.71. The standard InChI is InChI=1S/C18H23N3O2Si/c1-24(2,3)16-15-11-7-8-13(15)12-19-17(22)20(18(23)21(16)19)14-9-5-4-6-10-14/h4-6,9-10,16H,7-8,11-12H2,1-3H3. The zero-order chi connectivity index (χ0) is 17.1. The Kier molecular flexibility index (Phi) is 3.35. The smallest absolute Gasteiger partial charge is 0.245 e. The second kappa shape index (κ2) is 5.21. The second-order valence-corrected chi connectivity index (χ2v) is 13.2. The molecule has 24 heavy (non-hydrogen) atoms. The fraction of sp³-hybridized carbons (Fsp3) is 0.444. The van der Waals surface area contributed by atoms with E-state index in [0.29, 0.717) is 12.2 Å². The van der Waals surface area contributed by atoms with Gasteiger partial charge in [0.15, 0.2) is 0 Å². The van der Waals surface area contributed by atoms with Crippen LogP contribution < -0.4 is 11.4 Å². The Morgan fingerprint density at radius 1 is 1.00 bits per heavy atom.